The number of hydrogen-bond acceptors (Lipinski definition) is 4. The minimum atomic E-state index is 0.821. The van der Waals surface area contributed by atoms with Crippen molar-refractivity contribution < 1.29 is 0 Å². The van der Waals surface area contributed by atoms with Gasteiger partial charge < -0.3 is 10.2 Å². The van der Waals surface area contributed by atoms with Crippen molar-refractivity contribution in [1.29, 1.82) is 0 Å². The fraction of sp³-hybridized carbons (Fsp3) is 0.316. The van der Waals surface area contributed by atoms with E-state index in [-0.39, 0.29) is 0 Å². The van der Waals surface area contributed by atoms with E-state index in [0.717, 1.165) is 30.3 Å². The minimum Gasteiger partial charge on any atom is -0.372 e. The van der Waals surface area contributed by atoms with E-state index in [0.29, 0.717) is 0 Å². The van der Waals surface area contributed by atoms with Gasteiger partial charge in [-0.3, -0.25) is 0 Å². The van der Waals surface area contributed by atoms with E-state index in [1.807, 2.05) is 6.07 Å². The van der Waals surface area contributed by atoms with Crippen molar-refractivity contribution in [2.75, 3.05) is 23.3 Å². The average Bonchev–Trinajstić information content (AvgIpc) is 3.00. The van der Waals surface area contributed by atoms with Gasteiger partial charge in [0.1, 0.15) is 0 Å². The molecule has 3 aromatic rings. The zero-order valence-corrected chi connectivity index (χ0v) is 14.2. The second-order valence-corrected chi connectivity index (χ2v) is 7.02. The van der Waals surface area contributed by atoms with Crippen molar-refractivity contribution in [3.63, 3.8) is 0 Å². The van der Waals surface area contributed by atoms with Crippen LogP contribution < -0.4 is 10.2 Å². The van der Waals surface area contributed by atoms with E-state index in [1.165, 1.54) is 34.4 Å². The molecule has 4 rings (SSSR count). The third-order valence-electron chi connectivity index (χ3n) is 4.47. The number of nitrogens with zero attached hydrogens (tertiary/aromatic N) is 2. The predicted molar refractivity (Wildman–Crippen MR) is 99.6 cm³/mol. The Morgan fingerprint density at radius 1 is 1.22 bits per heavy atom. The molecule has 1 aliphatic heterocycles. The van der Waals surface area contributed by atoms with Crippen LogP contribution in [-0.4, -0.2) is 18.1 Å². The van der Waals surface area contributed by atoms with Gasteiger partial charge in [-0.05, 0) is 43.0 Å². The highest BCUT2D eigenvalue weighted by atomic mass is 32.1. The first-order chi connectivity index (χ1) is 11.3. The molecule has 0 aliphatic carbocycles. The molecule has 0 saturated carbocycles. The van der Waals surface area contributed by atoms with Crippen LogP contribution in [-0.2, 0) is 13.0 Å². The standard InChI is InChI=1S/C19H21N3S/c1-2-22-10-6-9-15-11-18-16(12-17(15)22)21-19(23-18)20-13-14-7-4-3-5-8-14/h3-5,7-8,11-12H,2,6,9-10,13H2,1H3,(H,20,21). The molecule has 0 amide bonds. The predicted octanol–water partition coefficient (Wildman–Crippen LogP) is 4.68. The highest BCUT2D eigenvalue weighted by molar-refractivity contribution is 7.22. The summed E-state index contributed by atoms with van der Waals surface area (Å²) in [5.74, 6) is 0. The molecule has 2 aromatic carbocycles. The van der Waals surface area contributed by atoms with Gasteiger partial charge in [-0.2, -0.15) is 0 Å². The van der Waals surface area contributed by atoms with Gasteiger partial charge in [-0.25, -0.2) is 4.98 Å². The van der Waals surface area contributed by atoms with Crippen molar-refractivity contribution in [2.24, 2.45) is 0 Å². The lowest BCUT2D eigenvalue weighted by Gasteiger charge is -2.30. The quantitative estimate of drug-likeness (QED) is 0.755. The molecule has 4 heteroatoms. The number of fused-ring (bicyclic) bond motifs is 2. The van der Waals surface area contributed by atoms with Gasteiger partial charge >= 0.3 is 0 Å². The SMILES string of the molecule is CCN1CCCc2cc3sc(NCc4ccccc4)nc3cc21. The van der Waals surface area contributed by atoms with Crippen molar-refractivity contribution in [3.8, 4) is 0 Å². The molecule has 2 heterocycles. The molecule has 0 spiro atoms. The topological polar surface area (TPSA) is 28.2 Å². The Hall–Kier alpha value is -2.07. The second-order valence-electron chi connectivity index (χ2n) is 5.99. The molecular formula is C19H21N3S. The molecule has 0 saturated heterocycles. The normalized spacial score (nSPS) is 14.0. The first kappa shape index (κ1) is 14.5. The Kier molecular flexibility index (Phi) is 3.92. The van der Waals surface area contributed by atoms with E-state index in [9.17, 15) is 0 Å². The van der Waals surface area contributed by atoms with Gasteiger partial charge in [0, 0.05) is 25.3 Å². The summed E-state index contributed by atoms with van der Waals surface area (Å²) in [4.78, 5) is 7.25. The first-order valence-electron chi connectivity index (χ1n) is 8.29. The second kappa shape index (κ2) is 6.20. The molecule has 1 aliphatic rings. The monoisotopic (exact) mass is 323 g/mol. The highest BCUT2D eigenvalue weighted by Gasteiger charge is 2.17. The fourth-order valence-corrected chi connectivity index (χ4v) is 4.16. The van der Waals surface area contributed by atoms with Gasteiger partial charge in [-0.1, -0.05) is 41.7 Å². The maximum atomic E-state index is 4.79. The van der Waals surface area contributed by atoms with Gasteiger partial charge in [0.25, 0.3) is 0 Å². The summed E-state index contributed by atoms with van der Waals surface area (Å²) >= 11 is 1.76. The van der Waals surface area contributed by atoms with E-state index in [4.69, 9.17) is 4.98 Å². The van der Waals surface area contributed by atoms with Crippen LogP contribution in [0.25, 0.3) is 10.2 Å². The van der Waals surface area contributed by atoms with Crippen molar-refractivity contribution in [3.05, 3.63) is 53.6 Å². The van der Waals surface area contributed by atoms with Gasteiger partial charge in [-0.15, -0.1) is 0 Å². The van der Waals surface area contributed by atoms with E-state index < -0.39 is 0 Å². The molecule has 1 N–H and O–H groups in total. The van der Waals surface area contributed by atoms with E-state index >= 15 is 0 Å². The van der Waals surface area contributed by atoms with Crippen LogP contribution in [0.4, 0.5) is 10.8 Å². The van der Waals surface area contributed by atoms with Crippen LogP contribution in [0.3, 0.4) is 0 Å². The summed E-state index contributed by atoms with van der Waals surface area (Å²) in [7, 11) is 0. The molecule has 0 unspecified atom stereocenters. The molecule has 1 aromatic heterocycles. The number of aryl methyl sites for hydroxylation is 1. The van der Waals surface area contributed by atoms with Crippen molar-refractivity contribution >= 4 is 32.4 Å². The number of aromatic nitrogens is 1. The Morgan fingerprint density at radius 3 is 2.91 bits per heavy atom. The molecule has 0 bridgehead atoms. The molecule has 118 valence electrons. The molecule has 0 atom stereocenters. The Labute approximate surface area is 141 Å². The van der Waals surface area contributed by atoms with Gasteiger partial charge in [0.05, 0.1) is 10.2 Å². The van der Waals surface area contributed by atoms with Crippen molar-refractivity contribution in [2.45, 2.75) is 26.3 Å². The van der Waals surface area contributed by atoms with E-state index in [1.54, 1.807) is 11.3 Å². The summed E-state index contributed by atoms with van der Waals surface area (Å²) in [6.45, 7) is 5.29. The van der Waals surface area contributed by atoms with Crippen LogP contribution in [0, 0.1) is 0 Å². The summed E-state index contributed by atoms with van der Waals surface area (Å²) in [5, 5.41) is 4.47. The van der Waals surface area contributed by atoms with E-state index in [2.05, 4.69) is 53.5 Å². The summed E-state index contributed by atoms with van der Waals surface area (Å²) in [6.07, 6.45) is 2.44. The largest absolute Gasteiger partial charge is 0.372 e. The highest BCUT2D eigenvalue weighted by Crippen LogP contribution is 2.35. The average molecular weight is 323 g/mol. The maximum Gasteiger partial charge on any atom is 0.184 e. The Morgan fingerprint density at radius 2 is 2.09 bits per heavy atom. The van der Waals surface area contributed by atoms with Crippen molar-refractivity contribution in [1.82, 2.24) is 4.98 Å². The number of hydrogen-bond donors (Lipinski definition) is 1. The lowest BCUT2D eigenvalue weighted by atomic mass is 10.0. The number of benzene rings is 2. The summed E-state index contributed by atoms with van der Waals surface area (Å²) in [5.41, 5.74) is 5.25. The lowest BCUT2D eigenvalue weighted by molar-refractivity contribution is 0.709. The lowest BCUT2D eigenvalue weighted by Crippen LogP contribution is -2.28. The van der Waals surface area contributed by atoms with Gasteiger partial charge in [0.15, 0.2) is 5.13 Å². The zero-order valence-electron chi connectivity index (χ0n) is 13.4. The molecule has 0 radical (unpaired) electrons. The first-order valence-corrected chi connectivity index (χ1v) is 9.11. The number of nitrogens with one attached hydrogen (secondary N) is 1. The Bertz CT molecular complexity index is 810. The van der Waals surface area contributed by atoms with Crippen LogP contribution in [0.2, 0.25) is 0 Å². The third-order valence-corrected chi connectivity index (χ3v) is 5.45. The molecule has 0 fully saturated rings. The van der Waals surface area contributed by atoms with Crippen LogP contribution >= 0.6 is 11.3 Å². The van der Waals surface area contributed by atoms with Gasteiger partial charge in [0.2, 0.25) is 0 Å². The van der Waals surface area contributed by atoms with Crippen LogP contribution in [0.5, 0.6) is 0 Å². The fourth-order valence-electron chi connectivity index (χ4n) is 3.26. The number of rotatable bonds is 4. The number of thiazole rings is 1. The summed E-state index contributed by atoms with van der Waals surface area (Å²) in [6, 6.07) is 15.1. The van der Waals surface area contributed by atoms with Crippen LogP contribution in [0.1, 0.15) is 24.5 Å². The minimum absolute atomic E-state index is 0.821. The number of anilines is 2. The molecule has 3 nitrogen and oxygen atoms in total. The Balaban J connectivity index is 1.60. The maximum absolute atomic E-state index is 4.79. The summed E-state index contributed by atoms with van der Waals surface area (Å²) < 4.78 is 1.29. The molecular weight excluding hydrogens is 302 g/mol. The smallest absolute Gasteiger partial charge is 0.184 e. The molecule has 23 heavy (non-hydrogen) atoms. The third kappa shape index (κ3) is 2.91. The zero-order chi connectivity index (χ0) is 15.6. The van der Waals surface area contributed by atoms with Crippen LogP contribution in [0.15, 0.2) is 42.5 Å².